The number of piperazine rings is 1. The van der Waals surface area contributed by atoms with Gasteiger partial charge in [-0.05, 0) is 39.4 Å². The highest BCUT2D eigenvalue weighted by atomic mass is 16.5. The van der Waals surface area contributed by atoms with Crippen molar-refractivity contribution in [2.75, 3.05) is 60.0 Å². The molecule has 3 saturated heterocycles. The average molecular weight is 253 g/mol. The third-order valence-electron chi connectivity index (χ3n) is 5.35. The Kier molecular flexibility index (Phi) is 3.63. The summed E-state index contributed by atoms with van der Waals surface area (Å²) in [6, 6.07) is 0.663. The zero-order valence-electron chi connectivity index (χ0n) is 11.8. The molecule has 0 aromatic carbocycles. The molecular formula is C14H27N3O. The summed E-state index contributed by atoms with van der Waals surface area (Å²) < 4.78 is 5.66. The molecule has 3 heterocycles. The average Bonchev–Trinajstić information content (AvgIpc) is 2.30. The van der Waals surface area contributed by atoms with Gasteiger partial charge in [-0.2, -0.15) is 0 Å². The van der Waals surface area contributed by atoms with Crippen molar-refractivity contribution in [1.82, 2.24) is 15.1 Å². The molecule has 4 nitrogen and oxygen atoms in total. The second-order valence-electron chi connectivity index (χ2n) is 6.53. The molecule has 0 saturated carbocycles. The zero-order valence-corrected chi connectivity index (χ0v) is 11.8. The maximum Gasteiger partial charge on any atom is 0.0563 e. The summed E-state index contributed by atoms with van der Waals surface area (Å²) in [7, 11) is 4.56. The third-order valence-corrected chi connectivity index (χ3v) is 5.35. The van der Waals surface area contributed by atoms with Crippen LogP contribution in [0.2, 0.25) is 0 Å². The molecule has 2 atom stereocenters. The summed E-state index contributed by atoms with van der Waals surface area (Å²) >= 11 is 0. The molecule has 0 spiro atoms. The Bertz CT molecular complexity index is 293. The Morgan fingerprint density at radius 1 is 1.22 bits per heavy atom. The summed E-state index contributed by atoms with van der Waals surface area (Å²) in [6.45, 7) is 7.92. The van der Waals surface area contributed by atoms with E-state index in [1.54, 1.807) is 0 Å². The molecule has 3 aliphatic heterocycles. The van der Waals surface area contributed by atoms with Crippen molar-refractivity contribution in [3.8, 4) is 0 Å². The summed E-state index contributed by atoms with van der Waals surface area (Å²) in [4.78, 5) is 5.07. The van der Waals surface area contributed by atoms with E-state index in [1.807, 2.05) is 0 Å². The molecule has 0 aromatic heterocycles. The highest BCUT2D eigenvalue weighted by molar-refractivity contribution is 5.04. The predicted molar refractivity (Wildman–Crippen MR) is 72.8 cm³/mol. The van der Waals surface area contributed by atoms with Crippen LogP contribution < -0.4 is 5.32 Å². The van der Waals surface area contributed by atoms with E-state index in [1.165, 1.54) is 32.5 Å². The van der Waals surface area contributed by atoms with Crippen LogP contribution in [-0.2, 0) is 4.74 Å². The van der Waals surface area contributed by atoms with Crippen molar-refractivity contribution in [3.63, 3.8) is 0 Å². The molecule has 0 amide bonds. The van der Waals surface area contributed by atoms with Gasteiger partial charge >= 0.3 is 0 Å². The lowest BCUT2D eigenvalue weighted by Gasteiger charge is -2.57. The maximum atomic E-state index is 5.66. The van der Waals surface area contributed by atoms with Crippen LogP contribution in [0.3, 0.4) is 0 Å². The first kappa shape index (κ1) is 12.9. The van der Waals surface area contributed by atoms with E-state index in [4.69, 9.17) is 4.74 Å². The predicted octanol–water partition coefficient (Wildman–Crippen LogP) is 0.248. The number of likely N-dealkylation sites (tertiary alicyclic amines) is 1. The molecule has 3 fully saturated rings. The molecule has 0 aromatic rings. The standard InChI is InChI=1S/C14H27N3O/c1-16-6-3-4-12(9-16)14(10-18-11-14)13-8-15-5-7-17(13)2/h12-13,15H,3-11H2,1-2H3. The van der Waals surface area contributed by atoms with Gasteiger partial charge in [0.2, 0.25) is 0 Å². The number of likely N-dealkylation sites (N-methyl/N-ethyl adjacent to an activating group) is 1. The second-order valence-corrected chi connectivity index (χ2v) is 6.53. The highest BCUT2D eigenvalue weighted by Gasteiger charge is 2.53. The Morgan fingerprint density at radius 2 is 2.06 bits per heavy atom. The SMILES string of the molecule is CN1CCCC(C2(C3CNCCN3C)COC2)C1. The van der Waals surface area contributed by atoms with Gasteiger partial charge in [0.15, 0.2) is 0 Å². The number of hydrogen-bond acceptors (Lipinski definition) is 4. The van der Waals surface area contributed by atoms with E-state index < -0.39 is 0 Å². The molecule has 2 unspecified atom stereocenters. The van der Waals surface area contributed by atoms with Gasteiger partial charge in [-0.15, -0.1) is 0 Å². The quantitative estimate of drug-likeness (QED) is 0.763. The van der Waals surface area contributed by atoms with Gasteiger partial charge in [0.25, 0.3) is 0 Å². The number of hydrogen-bond donors (Lipinski definition) is 1. The van der Waals surface area contributed by atoms with Gasteiger partial charge in [-0.1, -0.05) is 0 Å². The van der Waals surface area contributed by atoms with Crippen molar-refractivity contribution in [2.45, 2.75) is 18.9 Å². The molecule has 0 bridgehead atoms. The van der Waals surface area contributed by atoms with E-state index >= 15 is 0 Å². The van der Waals surface area contributed by atoms with Crippen LogP contribution >= 0.6 is 0 Å². The number of ether oxygens (including phenoxy) is 1. The first-order valence-corrected chi connectivity index (χ1v) is 7.39. The Hall–Kier alpha value is -0.160. The lowest BCUT2D eigenvalue weighted by molar-refractivity contribution is -0.193. The normalized spacial score (nSPS) is 38.3. The van der Waals surface area contributed by atoms with Gasteiger partial charge in [0.05, 0.1) is 13.2 Å². The summed E-state index contributed by atoms with van der Waals surface area (Å²) in [6.07, 6.45) is 2.74. The van der Waals surface area contributed by atoms with E-state index in [2.05, 4.69) is 29.2 Å². The van der Waals surface area contributed by atoms with Gasteiger partial charge in [-0.3, -0.25) is 0 Å². The minimum atomic E-state index is 0.414. The van der Waals surface area contributed by atoms with Crippen LogP contribution in [0.25, 0.3) is 0 Å². The topological polar surface area (TPSA) is 27.7 Å². The Labute approximate surface area is 111 Å². The van der Waals surface area contributed by atoms with E-state index in [0.29, 0.717) is 11.5 Å². The molecule has 1 N–H and O–H groups in total. The monoisotopic (exact) mass is 253 g/mol. The van der Waals surface area contributed by atoms with Crippen LogP contribution in [0.1, 0.15) is 12.8 Å². The van der Waals surface area contributed by atoms with E-state index in [0.717, 1.165) is 32.2 Å². The molecule has 104 valence electrons. The van der Waals surface area contributed by atoms with Gasteiger partial charge < -0.3 is 19.9 Å². The van der Waals surface area contributed by atoms with Gasteiger partial charge in [0, 0.05) is 37.6 Å². The van der Waals surface area contributed by atoms with Crippen LogP contribution in [0.15, 0.2) is 0 Å². The van der Waals surface area contributed by atoms with Crippen molar-refractivity contribution in [1.29, 1.82) is 0 Å². The second kappa shape index (κ2) is 5.08. The van der Waals surface area contributed by atoms with E-state index in [9.17, 15) is 0 Å². The van der Waals surface area contributed by atoms with Crippen LogP contribution in [-0.4, -0.2) is 75.9 Å². The summed E-state index contributed by atoms with van der Waals surface area (Å²) in [5.41, 5.74) is 0.414. The zero-order chi connectivity index (χ0) is 12.6. The molecule has 0 aliphatic carbocycles. The van der Waals surface area contributed by atoms with E-state index in [-0.39, 0.29) is 0 Å². The highest BCUT2D eigenvalue weighted by Crippen LogP contribution is 2.45. The Balaban J connectivity index is 1.76. The molecule has 4 heteroatoms. The van der Waals surface area contributed by atoms with Crippen molar-refractivity contribution >= 4 is 0 Å². The molecule has 3 aliphatic rings. The van der Waals surface area contributed by atoms with Gasteiger partial charge in [-0.25, -0.2) is 0 Å². The molecule has 0 radical (unpaired) electrons. The first-order chi connectivity index (χ1) is 8.72. The maximum absolute atomic E-state index is 5.66. The van der Waals surface area contributed by atoms with Crippen molar-refractivity contribution in [2.24, 2.45) is 11.3 Å². The first-order valence-electron chi connectivity index (χ1n) is 7.39. The number of rotatable bonds is 2. The van der Waals surface area contributed by atoms with Crippen molar-refractivity contribution < 1.29 is 4.74 Å². The lowest BCUT2D eigenvalue weighted by Crippen LogP contribution is -2.68. The smallest absolute Gasteiger partial charge is 0.0563 e. The third kappa shape index (κ3) is 2.09. The fraction of sp³-hybridized carbons (Fsp3) is 1.00. The van der Waals surface area contributed by atoms with Crippen LogP contribution in [0, 0.1) is 11.3 Å². The fourth-order valence-corrected chi connectivity index (χ4v) is 4.12. The van der Waals surface area contributed by atoms with Crippen LogP contribution in [0.4, 0.5) is 0 Å². The summed E-state index contributed by atoms with van der Waals surface area (Å²) in [5, 5.41) is 3.58. The Morgan fingerprint density at radius 3 is 2.67 bits per heavy atom. The molecule has 3 rings (SSSR count). The number of piperidine rings is 1. The van der Waals surface area contributed by atoms with Crippen molar-refractivity contribution in [3.05, 3.63) is 0 Å². The van der Waals surface area contributed by atoms with Gasteiger partial charge in [0.1, 0.15) is 0 Å². The lowest BCUT2D eigenvalue weighted by atomic mass is 9.64. The minimum absolute atomic E-state index is 0.414. The molecular weight excluding hydrogens is 226 g/mol. The van der Waals surface area contributed by atoms with Crippen LogP contribution in [0.5, 0.6) is 0 Å². The number of nitrogens with zero attached hydrogens (tertiary/aromatic N) is 2. The minimum Gasteiger partial charge on any atom is -0.380 e. The summed E-state index contributed by atoms with van der Waals surface area (Å²) in [5.74, 6) is 0.817. The fourth-order valence-electron chi connectivity index (χ4n) is 4.12. The molecule has 18 heavy (non-hydrogen) atoms. The number of nitrogens with one attached hydrogen (secondary N) is 1. The largest absolute Gasteiger partial charge is 0.380 e.